The molecule has 0 N–H and O–H groups in total. The van der Waals surface area contributed by atoms with Crippen LogP contribution in [0.3, 0.4) is 0 Å². The number of aliphatic imine (C=N–C) groups is 1. The molecule has 0 spiro atoms. The fourth-order valence-electron chi connectivity index (χ4n) is 5.14. The zero-order valence-corrected chi connectivity index (χ0v) is 22.6. The maximum atomic E-state index is 5.13. The standard InChI is InChI=1S/C28H36N4.C3H8.CH4/c1-5-22-16-18-32(19-21(22)3)27(26(29-4)23-13-11-20(2)12-14-23)25-15-17-30-28(31-25)24-9-7-6-8-10-24;1-3-2;/h11-17,21,24H,4-10,18-19H2,1-3H3;3H2,1-2H3;1H4/b27-26-;;. The van der Waals surface area contributed by atoms with E-state index >= 15 is 0 Å². The van der Waals surface area contributed by atoms with E-state index in [0.29, 0.717) is 11.8 Å². The summed E-state index contributed by atoms with van der Waals surface area (Å²) in [7, 11) is 0. The number of benzene rings is 1. The van der Waals surface area contributed by atoms with Gasteiger partial charge in [-0.1, -0.05) is 102 Å². The summed E-state index contributed by atoms with van der Waals surface area (Å²) < 4.78 is 0. The van der Waals surface area contributed by atoms with Crippen molar-refractivity contribution in [3.8, 4) is 0 Å². The van der Waals surface area contributed by atoms with Gasteiger partial charge in [-0.3, -0.25) is 4.99 Å². The quantitative estimate of drug-likeness (QED) is 0.301. The van der Waals surface area contributed by atoms with Crippen molar-refractivity contribution < 1.29 is 0 Å². The number of nitrogens with zero attached hydrogens (tertiary/aromatic N) is 4. The van der Waals surface area contributed by atoms with Crippen LogP contribution in [0.1, 0.15) is 109 Å². The predicted octanol–water partition coefficient (Wildman–Crippen LogP) is 8.70. The molecule has 1 saturated carbocycles. The molecule has 4 rings (SSSR count). The molecule has 1 aliphatic heterocycles. The van der Waals surface area contributed by atoms with Gasteiger partial charge < -0.3 is 4.90 Å². The van der Waals surface area contributed by atoms with Crippen LogP contribution in [-0.2, 0) is 0 Å². The van der Waals surface area contributed by atoms with Crippen LogP contribution in [-0.4, -0.2) is 34.7 Å². The average molecular weight is 489 g/mol. The topological polar surface area (TPSA) is 41.4 Å². The van der Waals surface area contributed by atoms with Crippen LogP contribution in [0.15, 0.2) is 53.2 Å². The zero-order chi connectivity index (χ0) is 25.2. The van der Waals surface area contributed by atoms with E-state index in [0.717, 1.165) is 48.0 Å². The molecule has 0 saturated heterocycles. The molecule has 1 unspecified atom stereocenters. The van der Waals surface area contributed by atoms with Crippen molar-refractivity contribution in [2.75, 3.05) is 13.1 Å². The minimum Gasteiger partial charge on any atom is -0.364 e. The summed E-state index contributed by atoms with van der Waals surface area (Å²) >= 11 is 0. The minimum atomic E-state index is 0. The van der Waals surface area contributed by atoms with Crippen LogP contribution in [0.4, 0.5) is 0 Å². The maximum absolute atomic E-state index is 5.13. The molecule has 1 aromatic heterocycles. The summed E-state index contributed by atoms with van der Waals surface area (Å²) in [5, 5.41) is 0. The highest BCUT2D eigenvalue weighted by molar-refractivity contribution is 5.89. The lowest BCUT2D eigenvalue weighted by Crippen LogP contribution is -2.33. The summed E-state index contributed by atoms with van der Waals surface area (Å²) in [6.45, 7) is 16.7. The summed E-state index contributed by atoms with van der Waals surface area (Å²) in [5.41, 5.74) is 6.79. The van der Waals surface area contributed by atoms with Crippen molar-refractivity contribution in [1.29, 1.82) is 0 Å². The Labute approximate surface area is 220 Å². The Kier molecular flexibility index (Phi) is 12.1. The molecule has 2 heterocycles. The van der Waals surface area contributed by atoms with Crippen molar-refractivity contribution in [1.82, 2.24) is 14.9 Å². The second-order valence-corrected chi connectivity index (χ2v) is 10.0. The number of rotatable bonds is 6. The van der Waals surface area contributed by atoms with Gasteiger partial charge in [0.15, 0.2) is 0 Å². The Morgan fingerprint density at radius 2 is 1.72 bits per heavy atom. The van der Waals surface area contributed by atoms with E-state index in [1.54, 1.807) is 0 Å². The molecule has 0 bridgehead atoms. The van der Waals surface area contributed by atoms with Crippen LogP contribution < -0.4 is 0 Å². The third-order valence-corrected chi connectivity index (χ3v) is 7.02. The largest absolute Gasteiger partial charge is 0.364 e. The zero-order valence-electron chi connectivity index (χ0n) is 22.6. The van der Waals surface area contributed by atoms with Crippen molar-refractivity contribution in [3.05, 3.63) is 70.8 Å². The Balaban J connectivity index is 0.00000109. The number of aromatic nitrogens is 2. The van der Waals surface area contributed by atoms with Gasteiger partial charge in [-0.25, -0.2) is 9.97 Å². The SMILES string of the molecule is C.C=N/C(=C(/c1ccnc(C2CCCCC2)n1)N1CC=C(CC)C(C)C1)c1ccc(C)cc1.CCC. The molecule has 4 nitrogen and oxygen atoms in total. The van der Waals surface area contributed by atoms with Crippen LogP contribution >= 0.6 is 0 Å². The first kappa shape index (κ1) is 29.5. The highest BCUT2D eigenvalue weighted by Crippen LogP contribution is 2.35. The van der Waals surface area contributed by atoms with Crippen molar-refractivity contribution >= 4 is 18.1 Å². The van der Waals surface area contributed by atoms with Gasteiger partial charge in [0.2, 0.25) is 0 Å². The molecule has 0 radical (unpaired) electrons. The molecule has 0 amide bonds. The lowest BCUT2D eigenvalue weighted by molar-refractivity contribution is 0.360. The Bertz CT molecular complexity index is 1010. The molecule has 4 heteroatoms. The number of hydrogen-bond acceptors (Lipinski definition) is 4. The molecule has 36 heavy (non-hydrogen) atoms. The smallest absolute Gasteiger partial charge is 0.132 e. The fraction of sp³-hybridized carbons (Fsp3) is 0.531. The van der Waals surface area contributed by atoms with Gasteiger partial charge in [-0.2, -0.15) is 0 Å². The molecular formula is C32H48N4. The Hall–Kier alpha value is -2.75. The molecule has 2 aromatic rings. The van der Waals surface area contributed by atoms with E-state index in [1.807, 2.05) is 12.3 Å². The van der Waals surface area contributed by atoms with E-state index in [2.05, 4.69) is 86.6 Å². The van der Waals surface area contributed by atoms with E-state index in [4.69, 9.17) is 4.98 Å². The Morgan fingerprint density at radius 3 is 2.31 bits per heavy atom. The first-order valence-corrected chi connectivity index (χ1v) is 13.6. The van der Waals surface area contributed by atoms with E-state index in [-0.39, 0.29) is 7.43 Å². The molecule has 2 aliphatic rings. The van der Waals surface area contributed by atoms with Gasteiger partial charge in [0.25, 0.3) is 0 Å². The number of hydrogen-bond donors (Lipinski definition) is 0. The van der Waals surface area contributed by atoms with E-state index in [1.165, 1.54) is 49.7 Å². The molecule has 1 atom stereocenters. The summed E-state index contributed by atoms with van der Waals surface area (Å²) in [6.07, 6.45) is 12.9. The molecule has 1 fully saturated rings. The van der Waals surface area contributed by atoms with Gasteiger partial charge in [-0.15, -0.1) is 0 Å². The highest BCUT2D eigenvalue weighted by atomic mass is 15.2. The van der Waals surface area contributed by atoms with Crippen LogP contribution in [0, 0.1) is 12.8 Å². The average Bonchev–Trinajstić information content (AvgIpc) is 2.89. The lowest BCUT2D eigenvalue weighted by Gasteiger charge is -2.35. The molecular weight excluding hydrogens is 440 g/mol. The molecule has 196 valence electrons. The maximum Gasteiger partial charge on any atom is 0.132 e. The second-order valence-electron chi connectivity index (χ2n) is 10.0. The summed E-state index contributed by atoms with van der Waals surface area (Å²) in [4.78, 5) is 16.8. The first-order valence-electron chi connectivity index (χ1n) is 13.6. The third kappa shape index (κ3) is 7.38. The van der Waals surface area contributed by atoms with Gasteiger partial charge in [-0.05, 0) is 44.9 Å². The third-order valence-electron chi connectivity index (χ3n) is 7.02. The van der Waals surface area contributed by atoms with Gasteiger partial charge in [0.05, 0.1) is 17.1 Å². The Morgan fingerprint density at radius 1 is 1.06 bits per heavy atom. The van der Waals surface area contributed by atoms with Crippen LogP contribution in [0.25, 0.3) is 11.4 Å². The van der Waals surface area contributed by atoms with Crippen LogP contribution in [0.2, 0.25) is 0 Å². The van der Waals surface area contributed by atoms with E-state index in [9.17, 15) is 0 Å². The summed E-state index contributed by atoms with van der Waals surface area (Å²) in [5.74, 6) is 1.96. The number of aryl methyl sites for hydroxylation is 1. The van der Waals surface area contributed by atoms with E-state index < -0.39 is 0 Å². The second kappa shape index (κ2) is 14.7. The van der Waals surface area contributed by atoms with Gasteiger partial charge in [0, 0.05) is 30.8 Å². The molecule has 1 aromatic carbocycles. The predicted molar refractivity (Wildman–Crippen MR) is 157 cm³/mol. The normalized spacial score (nSPS) is 18.8. The van der Waals surface area contributed by atoms with Gasteiger partial charge >= 0.3 is 0 Å². The summed E-state index contributed by atoms with van der Waals surface area (Å²) in [6, 6.07) is 10.6. The van der Waals surface area contributed by atoms with Crippen molar-refractivity contribution in [3.63, 3.8) is 0 Å². The highest BCUT2D eigenvalue weighted by Gasteiger charge is 2.26. The minimum absolute atomic E-state index is 0. The monoisotopic (exact) mass is 488 g/mol. The fourth-order valence-corrected chi connectivity index (χ4v) is 5.14. The lowest BCUT2D eigenvalue weighted by atomic mass is 9.88. The van der Waals surface area contributed by atoms with Crippen molar-refractivity contribution in [2.45, 2.75) is 92.9 Å². The van der Waals surface area contributed by atoms with Crippen LogP contribution in [0.5, 0.6) is 0 Å². The van der Waals surface area contributed by atoms with Crippen molar-refractivity contribution in [2.24, 2.45) is 10.9 Å². The first-order chi connectivity index (χ1) is 17.0. The van der Waals surface area contributed by atoms with Gasteiger partial charge in [0.1, 0.15) is 5.82 Å². The molecule has 1 aliphatic carbocycles.